The molecule has 0 saturated heterocycles. The first-order valence-corrected chi connectivity index (χ1v) is 14.6. The van der Waals surface area contributed by atoms with Gasteiger partial charge < -0.3 is 14.6 Å². The Labute approximate surface area is 224 Å². The van der Waals surface area contributed by atoms with Crippen molar-refractivity contribution in [3.63, 3.8) is 0 Å². The van der Waals surface area contributed by atoms with Crippen LogP contribution in [0, 0.1) is 0 Å². The minimum absolute atomic E-state index is 0.0443. The second-order valence-corrected chi connectivity index (χ2v) is 10.1. The minimum Gasteiger partial charge on any atom is -0.497 e. The van der Waals surface area contributed by atoms with Gasteiger partial charge in [-0.3, -0.25) is 4.79 Å². The fraction of sp³-hybridized carbons (Fsp3) is 0.562. The van der Waals surface area contributed by atoms with E-state index in [1.165, 1.54) is 75.5 Å². The lowest BCUT2D eigenvalue weighted by atomic mass is 10.1. The number of carbonyl (C=O) groups excluding carboxylic acids is 1. The van der Waals surface area contributed by atoms with Gasteiger partial charge in [-0.15, -0.1) is 0 Å². The maximum absolute atomic E-state index is 12.4. The molecule has 3 aromatic rings. The molecule has 0 aliphatic heterocycles. The van der Waals surface area contributed by atoms with Gasteiger partial charge in [-0.05, 0) is 49.6 Å². The fourth-order valence-electron chi connectivity index (χ4n) is 4.98. The lowest BCUT2D eigenvalue weighted by molar-refractivity contribution is 0.0952. The molecule has 37 heavy (non-hydrogen) atoms. The number of nitrogens with one attached hydrogen (secondary N) is 1. The summed E-state index contributed by atoms with van der Waals surface area (Å²) >= 11 is 0. The lowest BCUT2D eigenvalue weighted by Crippen LogP contribution is -2.24. The Morgan fingerprint density at radius 3 is 2.30 bits per heavy atom. The van der Waals surface area contributed by atoms with Crippen LogP contribution in [-0.2, 0) is 13.0 Å². The predicted octanol–water partition coefficient (Wildman–Crippen LogP) is 8.11. The van der Waals surface area contributed by atoms with Crippen molar-refractivity contribution < 1.29 is 9.53 Å². The van der Waals surface area contributed by atoms with E-state index in [0.29, 0.717) is 17.9 Å². The number of hydrogen-bond acceptors (Lipinski definition) is 3. The summed E-state index contributed by atoms with van der Waals surface area (Å²) in [6.07, 6.45) is 17.7. The summed E-state index contributed by atoms with van der Waals surface area (Å²) in [7, 11) is 1.61. The molecule has 1 N–H and O–H groups in total. The zero-order chi connectivity index (χ0) is 26.1. The molecule has 0 fully saturated rings. The van der Waals surface area contributed by atoms with Gasteiger partial charge in [0.25, 0.3) is 5.91 Å². The van der Waals surface area contributed by atoms with Crippen molar-refractivity contribution in [2.45, 2.75) is 103 Å². The number of amides is 1. The quantitative estimate of drug-likeness (QED) is 0.167. The number of aryl methyl sites for hydroxylation is 2. The summed E-state index contributed by atoms with van der Waals surface area (Å²) in [5.41, 5.74) is 3.01. The monoisotopic (exact) mass is 505 g/mol. The number of benzene rings is 2. The topological polar surface area (TPSA) is 56.2 Å². The van der Waals surface area contributed by atoms with Crippen molar-refractivity contribution in [2.24, 2.45) is 0 Å². The number of aromatic nitrogens is 2. The van der Waals surface area contributed by atoms with Gasteiger partial charge in [-0.25, -0.2) is 4.98 Å². The zero-order valence-corrected chi connectivity index (χ0v) is 23.1. The van der Waals surface area contributed by atoms with Crippen LogP contribution in [0.5, 0.6) is 5.75 Å². The summed E-state index contributed by atoms with van der Waals surface area (Å²) in [5.74, 6) is 1.86. The van der Waals surface area contributed by atoms with E-state index in [1.54, 1.807) is 13.2 Å². The van der Waals surface area contributed by atoms with Crippen LogP contribution in [0.25, 0.3) is 11.0 Å². The second-order valence-electron chi connectivity index (χ2n) is 10.1. The molecule has 5 nitrogen and oxygen atoms in total. The number of methoxy groups -OCH3 is 1. The van der Waals surface area contributed by atoms with Gasteiger partial charge in [-0.2, -0.15) is 0 Å². The van der Waals surface area contributed by atoms with Gasteiger partial charge in [0.1, 0.15) is 11.6 Å². The van der Waals surface area contributed by atoms with Crippen molar-refractivity contribution in [1.29, 1.82) is 0 Å². The molecule has 2 aromatic carbocycles. The average Bonchev–Trinajstić information content (AvgIpc) is 3.28. The molecule has 1 aromatic heterocycles. The van der Waals surface area contributed by atoms with Crippen LogP contribution in [-0.4, -0.2) is 29.1 Å². The van der Waals surface area contributed by atoms with E-state index >= 15 is 0 Å². The van der Waals surface area contributed by atoms with Crippen LogP contribution in [0.4, 0.5) is 0 Å². The standard InChI is InChI=1S/C32H47N3O2/c1-3-4-5-6-7-8-9-10-11-17-25-35-30-22-15-14-21-29(30)34-31(35)23-13-12-16-24-33-32(36)27-19-18-20-28(26-27)37-2/h14-15,18-22,26H,3-13,16-17,23-25H2,1-2H3,(H,33,36). The van der Waals surface area contributed by atoms with Crippen LogP contribution in [0.1, 0.15) is 107 Å². The van der Waals surface area contributed by atoms with Crippen molar-refractivity contribution in [3.05, 3.63) is 59.9 Å². The third-order valence-electron chi connectivity index (χ3n) is 7.16. The Kier molecular flexibility index (Phi) is 13.1. The number of fused-ring (bicyclic) bond motifs is 1. The van der Waals surface area contributed by atoms with Crippen LogP contribution in [0.15, 0.2) is 48.5 Å². The summed E-state index contributed by atoms with van der Waals surface area (Å²) in [6, 6.07) is 15.8. The molecule has 0 bridgehead atoms. The van der Waals surface area contributed by atoms with E-state index in [2.05, 4.69) is 41.1 Å². The first-order valence-electron chi connectivity index (χ1n) is 14.6. The normalized spacial score (nSPS) is 11.2. The highest BCUT2D eigenvalue weighted by atomic mass is 16.5. The summed E-state index contributed by atoms with van der Waals surface area (Å²) in [6.45, 7) is 4.02. The van der Waals surface area contributed by atoms with E-state index in [9.17, 15) is 4.79 Å². The number of carbonyl (C=O) groups is 1. The summed E-state index contributed by atoms with van der Waals surface area (Å²) in [5, 5.41) is 3.03. The SMILES string of the molecule is CCCCCCCCCCCCn1c(CCCCCNC(=O)c2cccc(OC)c2)nc2ccccc21. The Morgan fingerprint density at radius 2 is 1.54 bits per heavy atom. The first-order chi connectivity index (χ1) is 18.2. The molecule has 0 radical (unpaired) electrons. The van der Waals surface area contributed by atoms with Gasteiger partial charge in [0.05, 0.1) is 18.1 Å². The van der Waals surface area contributed by atoms with Gasteiger partial charge >= 0.3 is 0 Å². The molecule has 3 rings (SSSR count). The predicted molar refractivity (Wildman–Crippen MR) is 154 cm³/mol. The van der Waals surface area contributed by atoms with E-state index in [0.717, 1.165) is 37.7 Å². The number of ether oxygens (including phenoxy) is 1. The van der Waals surface area contributed by atoms with Gasteiger partial charge in [0, 0.05) is 25.1 Å². The number of rotatable bonds is 19. The minimum atomic E-state index is -0.0443. The van der Waals surface area contributed by atoms with Crippen LogP contribution >= 0.6 is 0 Å². The number of nitrogens with zero attached hydrogens (tertiary/aromatic N) is 2. The Hall–Kier alpha value is -2.82. The molecule has 0 aliphatic rings. The van der Waals surface area contributed by atoms with Crippen molar-refractivity contribution in [2.75, 3.05) is 13.7 Å². The molecule has 0 spiro atoms. The molecule has 5 heteroatoms. The van der Waals surface area contributed by atoms with Crippen LogP contribution in [0.3, 0.4) is 0 Å². The molecule has 0 aliphatic carbocycles. The molecule has 202 valence electrons. The maximum Gasteiger partial charge on any atom is 0.251 e. The third-order valence-corrected chi connectivity index (χ3v) is 7.16. The van der Waals surface area contributed by atoms with Gasteiger partial charge in [0.2, 0.25) is 0 Å². The number of para-hydroxylation sites is 2. The largest absolute Gasteiger partial charge is 0.497 e. The van der Waals surface area contributed by atoms with Crippen LogP contribution < -0.4 is 10.1 Å². The Balaban J connectivity index is 1.36. The molecular weight excluding hydrogens is 458 g/mol. The van der Waals surface area contributed by atoms with Crippen molar-refractivity contribution in [1.82, 2.24) is 14.9 Å². The highest BCUT2D eigenvalue weighted by Gasteiger charge is 2.10. The van der Waals surface area contributed by atoms with E-state index in [-0.39, 0.29) is 5.91 Å². The van der Waals surface area contributed by atoms with E-state index < -0.39 is 0 Å². The lowest BCUT2D eigenvalue weighted by Gasteiger charge is -2.10. The molecule has 0 unspecified atom stereocenters. The molecule has 1 amide bonds. The number of imidazole rings is 1. The van der Waals surface area contributed by atoms with Gasteiger partial charge in [-0.1, -0.05) is 89.3 Å². The average molecular weight is 506 g/mol. The summed E-state index contributed by atoms with van der Waals surface area (Å²) in [4.78, 5) is 17.3. The van der Waals surface area contributed by atoms with E-state index in [4.69, 9.17) is 9.72 Å². The third kappa shape index (κ3) is 9.87. The van der Waals surface area contributed by atoms with Crippen LogP contribution in [0.2, 0.25) is 0 Å². The highest BCUT2D eigenvalue weighted by Crippen LogP contribution is 2.20. The molecule has 0 saturated carbocycles. The van der Waals surface area contributed by atoms with Crippen molar-refractivity contribution >= 4 is 16.9 Å². The molecular formula is C32H47N3O2. The highest BCUT2D eigenvalue weighted by molar-refractivity contribution is 5.94. The number of unbranched alkanes of at least 4 members (excludes halogenated alkanes) is 11. The van der Waals surface area contributed by atoms with E-state index in [1.807, 2.05) is 18.2 Å². The fourth-order valence-corrected chi connectivity index (χ4v) is 4.98. The molecule has 1 heterocycles. The smallest absolute Gasteiger partial charge is 0.251 e. The molecule has 0 atom stereocenters. The zero-order valence-electron chi connectivity index (χ0n) is 23.1. The summed E-state index contributed by atoms with van der Waals surface area (Å²) < 4.78 is 7.66. The van der Waals surface area contributed by atoms with Gasteiger partial charge in [0.15, 0.2) is 0 Å². The Bertz CT molecular complexity index is 1060. The first kappa shape index (κ1) is 28.7. The second kappa shape index (κ2) is 16.8. The number of hydrogen-bond donors (Lipinski definition) is 1. The Morgan fingerprint density at radius 1 is 0.838 bits per heavy atom. The maximum atomic E-state index is 12.4. The van der Waals surface area contributed by atoms with Crippen molar-refractivity contribution in [3.8, 4) is 5.75 Å².